The van der Waals surface area contributed by atoms with Crippen LogP contribution in [0.2, 0.25) is 0 Å². The molecule has 0 saturated carbocycles. The predicted octanol–water partition coefficient (Wildman–Crippen LogP) is 2.31. The SMILES string of the molecule is COc1ccc(C(=O)CSc2cccc[n+]2[O-])c(OC)c1. The molecule has 1 aromatic carbocycles. The second-order valence-corrected chi connectivity index (χ2v) is 5.14. The third kappa shape index (κ3) is 3.66. The van der Waals surface area contributed by atoms with Crippen LogP contribution in [0.25, 0.3) is 0 Å². The molecule has 0 fully saturated rings. The molecule has 0 spiro atoms. The lowest BCUT2D eigenvalue weighted by atomic mass is 10.1. The zero-order valence-corrected chi connectivity index (χ0v) is 12.6. The summed E-state index contributed by atoms with van der Waals surface area (Å²) in [5, 5.41) is 12.0. The smallest absolute Gasteiger partial charge is 0.251 e. The minimum atomic E-state index is -0.108. The molecule has 0 bridgehead atoms. The van der Waals surface area contributed by atoms with E-state index in [1.807, 2.05) is 0 Å². The monoisotopic (exact) mass is 305 g/mol. The van der Waals surface area contributed by atoms with Gasteiger partial charge in [-0.1, -0.05) is 0 Å². The summed E-state index contributed by atoms with van der Waals surface area (Å²) in [5.41, 5.74) is 0.471. The van der Waals surface area contributed by atoms with Gasteiger partial charge < -0.3 is 14.7 Å². The largest absolute Gasteiger partial charge is 0.618 e. The summed E-state index contributed by atoms with van der Waals surface area (Å²) in [6, 6.07) is 10.1. The van der Waals surface area contributed by atoms with Crippen LogP contribution in [0.15, 0.2) is 47.6 Å². The number of carbonyl (C=O) groups is 1. The fourth-order valence-corrected chi connectivity index (χ4v) is 2.57. The summed E-state index contributed by atoms with van der Waals surface area (Å²) in [6.07, 6.45) is 1.40. The van der Waals surface area contributed by atoms with E-state index in [4.69, 9.17) is 9.47 Å². The van der Waals surface area contributed by atoms with Crippen molar-refractivity contribution in [1.82, 2.24) is 0 Å². The van der Waals surface area contributed by atoms with Gasteiger partial charge in [-0.3, -0.25) is 4.79 Å². The van der Waals surface area contributed by atoms with Crippen molar-refractivity contribution in [3.05, 3.63) is 53.4 Å². The summed E-state index contributed by atoms with van der Waals surface area (Å²) in [4.78, 5) is 12.3. The summed E-state index contributed by atoms with van der Waals surface area (Å²) >= 11 is 1.19. The van der Waals surface area contributed by atoms with E-state index >= 15 is 0 Å². The Hall–Kier alpha value is -2.21. The number of Topliss-reactive ketones (excluding diaryl/α,β-unsaturated/α-hetero) is 1. The number of nitrogens with zero attached hydrogens (tertiary/aromatic N) is 1. The number of thioether (sulfide) groups is 1. The van der Waals surface area contributed by atoms with E-state index in [1.165, 1.54) is 25.1 Å². The minimum Gasteiger partial charge on any atom is -0.618 e. The minimum absolute atomic E-state index is 0.108. The van der Waals surface area contributed by atoms with Crippen molar-refractivity contribution in [2.24, 2.45) is 0 Å². The number of rotatable bonds is 6. The normalized spacial score (nSPS) is 10.2. The second-order valence-electron chi connectivity index (χ2n) is 4.14. The number of ketones is 1. The first-order chi connectivity index (χ1) is 10.2. The van der Waals surface area contributed by atoms with E-state index in [1.54, 1.807) is 43.5 Å². The van der Waals surface area contributed by atoms with Gasteiger partial charge in [-0.2, -0.15) is 4.73 Å². The highest BCUT2D eigenvalue weighted by molar-refractivity contribution is 7.99. The van der Waals surface area contributed by atoms with E-state index in [0.29, 0.717) is 22.1 Å². The van der Waals surface area contributed by atoms with Gasteiger partial charge in [0, 0.05) is 18.2 Å². The van der Waals surface area contributed by atoms with Gasteiger partial charge in [0.05, 0.1) is 25.5 Å². The Morgan fingerprint density at radius 1 is 1.24 bits per heavy atom. The van der Waals surface area contributed by atoms with Crippen LogP contribution in [0, 0.1) is 5.21 Å². The van der Waals surface area contributed by atoms with Gasteiger partial charge in [-0.15, -0.1) is 0 Å². The predicted molar refractivity (Wildman–Crippen MR) is 80.0 cm³/mol. The van der Waals surface area contributed by atoms with E-state index in [2.05, 4.69) is 0 Å². The maximum absolute atomic E-state index is 12.3. The molecule has 0 amide bonds. The maximum atomic E-state index is 12.3. The van der Waals surface area contributed by atoms with Crippen molar-refractivity contribution in [1.29, 1.82) is 0 Å². The van der Waals surface area contributed by atoms with E-state index in [9.17, 15) is 10.0 Å². The third-order valence-electron chi connectivity index (χ3n) is 2.85. The van der Waals surface area contributed by atoms with Crippen LogP contribution in [0.5, 0.6) is 11.5 Å². The van der Waals surface area contributed by atoms with Crippen LogP contribution < -0.4 is 14.2 Å². The molecular formula is C15H15NO4S. The van der Waals surface area contributed by atoms with Crippen LogP contribution in [0.3, 0.4) is 0 Å². The first-order valence-electron chi connectivity index (χ1n) is 6.22. The number of pyridine rings is 1. The molecule has 0 N–H and O–H groups in total. The Kier molecular flexibility index (Phi) is 5.05. The van der Waals surface area contributed by atoms with Crippen LogP contribution in [-0.4, -0.2) is 25.8 Å². The Bertz CT molecular complexity index is 645. The van der Waals surface area contributed by atoms with Crippen molar-refractivity contribution in [2.45, 2.75) is 5.03 Å². The molecule has 1 heterocycles. The van der Waals surface area contributed by atoms with Gasteiger partial charge >= 0.3 is 0 Å². The molecule has 0 unspecified atom stereocenters. The van der Waals surface area contributed by atoms with Crippen LogP contribution in [0.4, 0.5) is 0 Å². The molecule has 0 aliphatic carbocycles. The van der Waals surface area contributed by atoms with Crippen LogP contribution in [0.1, 0.15) is 10.4 Å². The third-order valence-corrected chi connectivity index (χ3v) is 3.87. The molecule has 1 aromatic heterocycles. The Labute approximate surface area is 127 Å². The fraction of sp³-hybridized carbons (Fsp3) is 0.200. The first-order valence-corrected chi connectivity index (χ1v) is 7.20. The van der Waals surface area contributed by atoms with Gasteiger partial charge in [0.25, 0.3) is 5.03 Å². The maximum Gasteiger partial charge on any atom is 0.251 e. The topological polar surface area (TPSA) is 62.5 Å². The first kappa shape index (κ1) is 15.2. The lowest BCUT2D eigenvalue weighted by Gasteiger charge is -2.09. The van der Waals surface area contributed by atoms with Gasteiger partial charge in [0.15, 0.2) is 12.0 Å². The number of methoxy groups -OCH3 is 2. The highest BCUT2D eigenvalue weighted by Gasteiger charge is 2.15. The van der Waals surface area contributed by atoms with Gasteiger partial charge in [-0.25, -0.2) is 0 Å². The molecule has 5 nitrogen and oxygen atoms in total. The zero-order chi connectivity index (χ0) is 15.2. The molecule has 2 rings (SSSR count). The van der Waals surface area contributed by atoms with Gasteiger partial charge in [0.1, 0.15) is 11.5 Å². The molecule has 6 heteroatoms. The second kappa shape index (κ2) is 6.99. The van der Waals surface area contributed by atoms with Gasteiger partial charge in [0.2, 0.25) is 0 Å². The van der Waals surface area contributed by atoms with E-state index < -0.39 is 0 Å². The average molecular weight is 305 g/mol. The number of aromatic nitrogens is 1. The Balaban J connectivity index is 2.12. The number of hydrogen-bond acceptors (Lipinski definition) is 5. The molecule has 2 aromatic rings. The van der Waals surface area contributed by atoms with E-state index in [0.717, 1.165) is 4.73 Å². The van der Waals surface area contributed by atoms with Crippen molar-refractivity contribution < 1.29 is 19.0 Å². The van der Waals surface area contributed by atoms with E-state index in [-0.39, 0.29) is 11.5 Å². The van der Waals surface area contributed by atoms with Crippen molar-refractivity contribution in [3.8, 4) is 11.5 Å². The Morgan fingerprint density at radius 2 is 2.05 bits per heavy atom. The number of carbonyl (C=O) groups excluding carboxylic acids is 1. The molecule has 0 saturated heterocycles. The van der Waals surface area contributed by atoms with Gasteiger partial charge in [-0.05, 0) is 30.0 Å². The van der Waals surface area contributed by atoms with Crippen molar-refractivity contribution in [2.75, 3.05) is 20.0 Å². The van der Waals surface area contributed by atoms with Crippen molar-refractivity contribution in [3.63, 3.8) is 0 Å². The zero-order valence-electron chi connectivity index (χ0n) is 11.7. The average Bonchev–Trinajstić information content (AvgIpc) is 2.53. The van der Waals surface area contributed by atoms with Crippen molar-refractivity contribution >= 4 is 17.5 Å². The molecular weight excluding hydrogens is 290 g/mol. The fourth-order valence-electron chi connectivity index (χ4n) is 1.77. The standard InChI is InChI=1S/C15H15NO4S/c1-19-11-6-7-12(14(9-11)20-2)13(17)10-21-15-5-3-4-8-16(15)18/h3-9H,10H2,1-2H3. The lowest BCUT2D eigenvalue weighted by molar-refractivity contribution is -0.645. The molecule has 0 radical (unpaired) electrons. The summed E-state index contributed by atoms with van der Waals surface area (Å²) in [7, 11) is 3.05. The highest BCUT2D eigenvalue weighted by Crippen LogP contribution is 2.26. The molecule has 0 atom stereocenters. The number of ether oxygens (including phenoxy) is 2. The summed E-state index contributed by atoms with van der Waals surface area (Å²) in [5.74, 6) is 1.14. The summed E-state index contributed by atoms with van der Waals surface area (Å²) in [6.45, 7) is 0. The number of benzene rings is 1. The molecule has 0 aliphatic rings. The molecule has 21 heavy (non-hydrogen) atoms. The van der Waals surface area contributed by atoms with Crippen LogP contribution >= 0.6 is 11.8 Å². The molecule has 0 aliphatic heterocycles. The molecule has 110 valence electrons. The lowest BCUT2D eigenvalue weighted by Crippen LogP contribution is -2.28. The Morgan fingerprint density at radius 3 is 2.71 bits per heavy atom. The quantitative estimate of drug-likeness (QED) is 0.355. The van der Waals surface area contributed by atoms with Crippen LogP contribution in [-0.2, 0) is 0 Å². The highest BCUT2D eigenvalue weighted by atomic mass is 32.2. The number of hydrogen-bond donors (Lipinski definition) is 0. The summed E-state index contributed by atoms with van der Waals surface area (Å²) < 4.78 is 11.0.